The zero-order valence-electron chi connectivity index (χ0n) is 8.71. The topological polar surface area (TPSA) is 72.2 Å². The van der Waals surface area contributed by atoms with Crippen molar-refractivity contribution in [2.45, 2.75) is 12.7 Å². The van der Waals surface area contributed by atoms with Crippen LogP contribution >= 0.6 is 0 Å². The lowest BCUT2D eigenvalue weighted by molar-refractivity contribution is -0.140. The Morgan fingerprint density at radius 2 is 2.40 bits per heavy atom. The maximum Gasteiger partial charge on any atom is 0.307 e. The number of carboxylic acids is 1. The van der Waals surface area contributed by atoms with E-state index in [9.17, 15) is 9.00 Å². The van der Waals surface area contributed by atoms with Crippen LogP contribution in [0, 0.1) is 5.92 Å². The number of nitrogens with zero attached hydrogens (tertiary/aromatic N) is 2. The van der Waals surface area contributed by atoms with E-state index >= 15 is 0 Å². The lowest BCUT2D eigenvalue weighted by Crippen LogP contribution is -2.18. The third-order valence-corrected chi connectivity index (χ3v) is 3.47. The Hall–Kier alpha value is -1.17. The second kappa shape index (κ2) is 5.06. The van der Waals surface area contributed by atoms with Gasteiger partial charge in [0.1, 0.15) is 0 Å². The van der Waals surface area contributed by atoms with Gasteiger partial charge in [-0.15, -0.1) is 0 Å². The van der Waals surface area contributed by atoms with Crippen molar-refractivity contribution < 1.29 is 14.1 Å². The van der Waals surface area contributed by atoms with Crippen LogP contribution in [0.3, 0.4) is 0 Å². The minimum atomic E-state index is -1.14. The smallest absolute Gasteiger partial charge is 0.307 e. The molecule has 1 rings (SSSR count). The molecular formula is C9H14N2O3S. The number of carbonyl (C=O) groups is 1. The molecule has 0 bridgehead atoms. The lowest BCUT2D eigenvalue weighted by Gasteiger charge is -2.04. The minimum Gasteiger partial charge on any atom is -0.481 e. The van der Waals surface area contributed by atoms with E-state index in [1.807, 2.05) is 0 Å². The van der Waals surface area contributed by atoms with E-state index in [2.05, 4.69) is 5.10 Å². The predicted molar refractivity (Wildman–Crippen MR) is 56.7 cm³/mol. The van der Waals surface area contributed by atoms with Gasteiger partial charge in [-0.1, -0.05) is 6.92 Å². The van der Waals surface area contributed by atoms with Crippen molar-refractivity contribution in [2.24, 2.45) is 13.0 Å². The van der Waals surface area contributed by atoms with Gasteiger partial charge < -0.3 is 5.11 Å². The van der Waals surface area contributed by atoms with Gasteiger partial charge in [-0.3, -0.25) is 13.7 Å². The van der Waals surface area contributed by atoms with E-state index in [1.54, 1.807) is 31.0 Å². The molecule has 15 heavy (non-hydrogen) atoms. The van der Waals surface area contributed by atoms with Crippen LogP contribution in [0.5, 0.6) is 0 Å². The fourth-order valence-electron chi connectivity index (χ4n) is 1.14. The number of carboxylic acid groups (broad SMARTS) is 1. The summed E-state index contributed by atoms with van der Waals surface area (Å²) in [5.74, 6) is -0.924. The molecule has 0 aliphatic carbocycles. The van der Waals surface area contributed by atoms with Gasteiger partial charge in [-0.2, -0.15) is 5.10 Å². The van der Waals surface area contributed by atoms with Crippen LogP contribution in [-0.2, 0) is 28.4 Å². The van der Waals surface area contributed by atoms with Crippen LogP contribution in [0.4, 0.5) is 0 Å². The second-order valence-electron chi connectivity index (χ2n) is 3.51. The Morgan fingerprint density at radius 3 is 2.87 bits per heavy atom. The number of rotatable bonds is 5. The first-order valence-electron chi connectivity index (χ1n) is 4.54. The molecule has 1 aromatic heterocycles. The Bertz CT molecular complexity index is 375. The molecule has 0 saturated carbocycles. The summed E-state index contributed by atoms with van der Waals surface area (Å²) in [7, 11) is 0.642. The first-order valence-corrected chi connectivity index (χ1v) is 6.03. The zero-order valence-corrected chi connectivity index (χ0v) is 9.53. The molecule has 1 aromatic rings. The number of aromatic nitrogens is 2. The summed E-state index contributed by atoms with van der Waals surface area (Å²) in [6.07, 6.45) is 3.42. The van der Waals surface area contributed by atoms with E-state index in [4.69, 9.17) is 5.11 Å². The van der Waals surface area contributed by atoms with Crippen molar-refractivity contribution in [3.63, 3.8) is 0 Å². The standard InChI is InChI=1S/C9H14N2O3S/c1-7(9(12)13)5-15(14)6-8-3-10-11(2)4-8/h3-4,7H,5-6H2,1-2H3,(H,12,13). The molecule has 6 heteroatoms. The second-order valence-corrected chi connectivity index (χ2v) is 5.01. The highest BCUT2D eigenvalue weighted by atomic mass is 32.2. The lowest BCUT2D eigenvalue weighted by atomic mass is 10.2. The third kappa shape index (κ3) is 3.83. The van der Waals surface area contributed by atoms with Crippen molar-refractivity contribution in [3.05, 3.63) is 18.0 Å². The summed E-state index contributed by atoms with van der Waals surface area (Å²) in [6, 6.07) is 0. The molecule has 1 heterocycles. The molecular weight excluding hydrogens is 216 g/mol. The monoisotopic (exact) mass is 230 g/mol. The molecule has 0 amide bonds. The SMILES string of the molecule is CC(CS(=O)Cc1cnn(C)c1)C(=O)O. The Balaban J connectivity index is 2.46. The van der Waals surface area contributed by atoms with Crippen LogP contribution in [0.25, 0.3) is 0 Å². The summed E-state index contributed by atoms with van der Waals surface area (Å²) in [4.78, 5) is 10.5. The molecule has 0 fully saturated rings. The van der Waals surface area contributed by atoms with Crippen LogP contribution < -0.4 is 0 Å². The van der Waals surface area contributed by atoms with Gasteiger partial charge in [0.15, 0.2) is 0 Å². The molecule has 0 aliphatic heterocycles. The maximum absolute atomic E-state index is 11.5. The summed E-state index contributed by atoms with van der Waals surface area (Å²) in [5.41, 5.74) is 0.869. The molecule has 0 aliphatic rings. The molecule has 5 nitrogen and oxygen atoms in total. The number of hydrogen-bond donors (Lipinski definition) is 1. The zero-order chi connectivity index (χ0) is 11.4. The Kier molecular flexibility index (Phi) is 4.02. The molecule has 84 valence electrons. The van der Waals surface area contributed by atoms with E-state index in [0.717, 1.165) is 5.56 Å². The number of hydrogen-bond acceptors (Lipinski definition) is 3. The summed E-state index contributed by atoms with van der Waals surface area (Å²) in [6.45, 7) is 1.56. The largest absolute Gasteiger partial charge is 0.481 e. The molecule has 0 saturated heterocycles. The highest BCUT2D eigenvalue weighted by molar-refractivity contribution is 7.84. The van der Waals surface area contributed by atoms with Gasteiger partial charge in [0.05, 0.1) is 17.9 Å². The third-order valence-electron chi connectivity index (χ3n) is 1.94. The fraction of sp³-hybridized carbons (Fsp3) is 0.556. The minimum absolute atomic E-state index is 0.185. The van der Waals surface area contributed by atoms with E-state index < -0.39 is 22.7 Å². The molecule has 0 radical (unpaired) electrons. The van der Waals surface area contributed by atoms with Crippen LogP contribution in [-0.4, -0.2) is 30.8 Å². The first-order chi connectivity index (χ1) is 6.99. The van der Waals surface area contributed by atoms with Gasteiger partial charge in [-0.05, 0) is 0 Å². The van der Waals surface area contributed by atoms with Gasteiger partial charge in [0.25, 0.3) is 0 Å². The van der Waals surface area contributed by atoms with Crippen LogP contribution in [0.1, 0.15) is 12.5 Å². The first kappa shape index (κ1) is 11.9. The van der Waals surface area contributed by atoms with Gasteiger partial charge in [-0.25, -0.2) is 0 Å². The van der Waals surface area contributed by atoms with E-state index in [-0.39, 0.29) is 5.75 Å². The highest BCUT2D eigenvalue weighted by Gasteiger charge is 2.15. The molecule has 2 atom stereocenters. The van der Waals surface area contributed by atoms with Crippen molar-refractivity contribution in [1.29, 1.82) is 0 Å². The highest BCUT2D eigenvalue weighted by Crippen LogP contribution is 2.05. The van der Waals surface area contributed by atoms with E-state index in [0.29, 0.717) is 5.75 Å². The fourth-order valence-corrected chi connectivity index (χ4v) is 2.48. The molecule has 2 unspecified atom stereocenters. The number of aryl methyl sites for hydroxylation is 1. The van der Waals surface area contributed by atoms with Crippen molar-refractivity contribution in [1.82, 2.24) is 9.78 Å². The van der Waals surface area contributed by atoms with Crippen molar-refractivity contribution >= 4 is 16.8 Å². The maximum atomic E-state index is 11.5. The predicted octanol–water partition coefficient (Wildman–Crippen LogP) is 0.390. The average molecular weight is 230 g/mol. The normalized spacial score (nSPS) is 14.8. The molecule has 0 spiro atoms. The van der Waals surface area contributed by atoms with Gasteiger partial charge in [0, 0.05) is 35.4 Å². The van der Waals surface area contributed by atoms with Crippen LogP contribution in [0.15, 0.2) is 12.4 Å². The van der Waals surface area contributed by atoms with Crippen molar-refractivity contribution in [3.8, 4) is 0 Å². The summed E-state index contributed by atoms with van der Waals surface area (Å²) in [5, 5.41) is 12.6. The molecule has 0 aromatic carbocycles. The summed E-state index contributed by atoms with van der Waals surface area (Å²) >= 11 is 0. The van der Waals surface area contributed by atoms with Crippen molar-refractivity contribution in [2.75, 3.05) is 5.75 Å². The van der Waals surface area contributed by atoms with Crippen LogP contribution in [0.2, 0.25) is 0 Å². The van der Waals surface area contributed by atoms with Gasteiger partial charge in [0.2, 0.25) is 0 Å². The van der Waals surface area contributed by atoms with Gasteiger partial charge >= 0.3 is 5.97 Å². The average Bonchev–Trinajstić information content (AvgIpc) is 2.50. The van der Waals surface area contributed by atoms with E-state index in [1.165, 1.54) is 0 Å². The Morgan fingerprint density at radius 1 is 1.73 bits per heavy atom. The summed E-state index contributed by atoms with van der Waals surface area (Å²) < 4.78 is 13.2. The Labute approximate surface area is 90.6 Å². The number of aliphatic carboxylic acids is 1. The molecule has 1 N–H and O–H groups in total. The quantitative estimate of drug-likeness (QED) is 0.794.